The molecule has 1 aliphatic heterocycles. The van der Waals surface area contributed by atoms with E-state index in [9.17, 15) is 13.2 Å². The summed E-state index contributed by atoms with van der Waals surface area (Å²) in [5, 5.41) is 3.46. The molecule has 30 heavy (non-hydrogen) atoms. The number of benzene rings is 1. The zero-order chi connectivity index (χ0) is 20.9. The number of nitrogens with one attached hydrogen (secondary N) is 1. The van der Waals surface area contributed by atoms with E-state index in [4.69, 9.17) is 0 Å². The fourth-order valence-electron chi connectivity index (χ4n) is 7.27. The van der Waals surface area contributed by atoms with Gasteiger partial charge in [-0.1, -0.05) is 18.2 Å². The monoisotopic (exact) mass is 430 g/mol. The van der Waals surface area contributed by atoms with Crippen LogP contribution in [-0.2, 0) is 14.8 Å². The van der Waals surface area contributed by atoms with Gasteiger partial charge in [0.2, 0.25) is 15.9 Å². The summed E-state index contributed by atoms with van der Waals surface area (Å²) in [6, 6.07) is 7.17. The third kappa shape index (κ3) is 3.81. The molecular formula is C24H34N2O3S. The number of carbonyl (C=O) groups is 1. The van der Waals surface area contributed by atoms with Crippen molar-refractivity contribution in [3.8, 4) is 0 Å². The molecule has 0 spiro atoms. The van der Waals surface area contributed by atoms with Gasteiger partial charge in [-0.05, 0) is 93.6 Å². The van der Waals surface area contributed by atoms with Crippen LogP contribution in [0.15, 0.2) is 29.2 Å². The molecule has 6 rings (SSSR count). The first-order valence-electron chi connectivity index (χ1n) is 11.7. The van der Waals surface area contributed by atoms with Crippen LogP contribution in [0.5, 0.6) is 0 Å². The standard InChI is InChI=1S/C24H34N2O3S/c1-17-5-2-3-7-22(17)30(28,29)26-8-4-6-18(16-26)12-23(27)25-24-13-19-9-20(14-24)11-21(10-19)15-24/h2-3,5,7,18-21H,4,6,8-16H2,1H3,(H,25,27). The van der Waals surface area contributed by atoms with Crippen LogP contribution in [0.1, 0.15) is 63.4 Å². The summed E-state index contributed by atoms with van der Waals surface area (Å²) < 4.78 is 27.9. The Morgan fingerprint density at radius 1 is 1.10 bits per heavy atom. The Morgan fingerprint density at radius 2 is 1.73 bits per heavy atom. The van der Waals surface area contributed by atoms with Crippen molar-refractivity contribution in [1.29, 1.82) is 0 Å². The molecule has 4 bridgehead atoms. The first kappa shape index (κ1) is 20.5. The predicted molar refractivity (Wildman–Crippen MR) is 116 cm³/mol. The molecule has 4 aliphatic carbocycles. The largest absolute Gasteiger partial charge is 0.351 e. The van der Waals surface area contributed by atoms with Crippen molar-refractivity contribution in [3.05, 3.63) is 29.8 Å². The van der Waals surface area contributed by atoms with Crippen LogP contribution < -0.4 is 5.32 Å². The number of sulfonamides is 1. The lowest BCUT2D eigenvalue weighted by Gasteiger charge is -2.57. The van der Waals surface area contributed by atoms with Crippen LogP contribution in [0.3, 0.4) is 0 Å². The Labute approximate surface area is 180 Å². The molecule has 4 saturated carbocycles. The van der Waals surface area contributed by atoms with Crippen LogP contribution in [0.2, 0.25) is 0 Å². The number of aryl methyl sites for hydroxylation is 1. The van der Waals surface area contributed by atoms with Gasteiger partial charge in [-0.15, -0.1) is 0 Å². The Balaban J connectivity index is 1.23. The van der Waals surface area contributed by atoms with Crippen molar-refractivity contribution in [2.45, 2.75) is 75.1 Å². The third-order valence-electron chi connectivity index (χ3n) is 8.11. The van der Waals surface area contributed by atoms with Crippen molar-refractivity contribution in [1.82, 2.24) is 9.62 Å². The predicted octanol–water partition coefficient (Wildman–Crippen LogP) is 3.87. The molecule has 1 unspecified atom stereocenters. The Hall–Kier alpha value is -1.40. The average Bonchev–Trinajstić information content (AvgIpc) is 2.66. The first-order valence-corrected chi connectivity index (χ1v) is 13.1. The van der Waals surface area contributed by atoms with Gasteiger partial charge in [0.25, 0.3) is 0 Å². The van der Waals surface area contributed by atoms with E-state index in [2.05, 4.69) is 5.32 Å². The lowest BCUT2D eigenvalue weighted by Crippen LogP contribution is -2.60. The van der Waals surface area contributed by atoms with Crippen molar-refractivity contribution in [2.24, 2.45) is 23.7 Å². The highest BCUT2D eigenvalue weighted by molar-refractivity contribution is 7.89. The van der Waals surface area contributed by atoms with Crippen molar-refractivity contribution in [2.75, 3.05) is 13.1 Å². The molecule has 5 nitrogen and oxygen atoms in total. The topological polar surface area (TPSA) is 66.5 Å². The van der Waals surface area contributed by atoms with E-state index < -0.39 is 10.0 Å². The Morgan fingerprint density at radius 3 is 2.37 bits per heavy atom. The summed E-state index contributed by atoms with van der Waals surface area (Å²) in [6.45, 7) is 2.84. The molecule has 1 aromatic carbocycles. The summed E-state index contributed by atoms with van der Waals surface area (Å²) >= 11 is 0. The van der Waals surface area contributed by atoms with Crippen LogP contribution in [-0.4, -0.2) is 37.3 Å². The normalized spacial score (nSPS) is 36.0. The molecule has 6 heteroatoms. The minimum absolute atomic E-state index is 0.0351. The highest BCUT2D eigenvalue weighted by atomic mass is 32.2. The van der Waals surface area contributed by atoms with Gasteiger partial charge in [0.15, 0.2) is 0 Å². The summed E-state index contributed by atoms with van der Waals surface area (Å²) in [4.78, 5) is 13.4. The molecule has 5 aliphatic rings. The number of amides is 1. The smallest absolute Gasteiger partial charge is 0.243 e. The minimum atomic E-state index is -3.50. The molecule has 0 aromatic heterocycles. The quantitative estimate of drug-likeness (QED) is 0.771. The minimum Gasteiger partial charge on any atom is -0.351 e. The molecule has 0 radical (unpaired) electrons. The van der Waals surface area contributed by atoms with Gasteiger partial charge in [-0.25, -0.2) is 8.42 Å². The first-order chi connectivity index (χ1) is 14.3. The zero-order valence-electron chi connectivity index (χ0n) is 18.0. The number of piperidine rings is 1. The Kier molecular flexibility index (Phi) is 5.21. The maximum atomic E-state index is 13.2. The number of carbonyl (C=O) groups excluding carboxylic acids is 1. The van der Waals surface area contributed by atoms with Gasteiger partial charge in [-0.3, -0.25) is 4.79 Å². The molecule has 1 atom stereocenters. The number of nitrogens with zero attached hydrogens (tertiary/aromatic N) is 1. The van der Waals surface area contributed by atoms with E-state index in [-0.39, 0.29) is 17.4 Å². The molecule has 1 amide bonds. The van der Waals surface area contributed by atoms with Crippen molar-refractivity contribution in [3.63, 3.8) is 0 Å². The maximum Gasteiger partial charge on any atom is 0.243 e. The number of rotatable bonds is 5. The SMILES string of the molecule is Cc1ccccc1S(=O)(=O)N1CCCC(CC(=O)NC23CC4CC(CC(C4)C2)C3)C1. The van der Waals surface area contributed by atoms with Crippen LogP contribution in [0, 0.1) is 30.6 Å². The highest BCUT2D eigenvalue weighted by Gasteiger charge is 2.51. The lowest BCUT2D eigenvalue weighted by molar-refractivity contribution is -0.128. The summed E-state index contributed by atoms with van der Waals surface area (Å²) in [5.74, 6) is 2.66. The van der Waals surface area contributed by atoms with Crippen LogP contribution in [0.25, 0.3) is 0 Å². The number of hydrogen-bond acceptors (Lipinski definition) is 3. The van der Waals surface area contributed by atoms with Crippen molar-refractivity contribution >= 4 is 15.9 Å². The second-order valence-electron chi connectivity index (χ2n) is 10.6. The van der Waals surface area contributed by atoms with Crippen LogP contribution >= 0.6 is 0 Å². The summed E-state index contributed by atoms with van der Waals surface area (Å²) in [6.07, 6.45) is 9.75. The van der Waals surface area contributed by atoms with Gasteiger partial charge in [-0.2, -0.15) is 4.31 Å². The molecule has 1 saturated heterocycles. The summed E-state index contributed by atoms with van der Waals surface area (Å²) in [5.41, 5.74) is 0.812. The van der Waals surface area contributed by atoms with Crippen LogP contribution in [0.4, 0.5) is 0 Å². The fraction of sp³-hybridized carbons (Fsp3) is 0.708. The van der Waals surface area contributed by atoms with E-state index >= 15 is 0 Å². The molecule has 1 N–H and O–H groups in total. The Bertz CT molecular complexity index is 891. The molecular weight excluding hydrogens is 396 g/mol. The van der Waals surface area contributed by atoms with E-state index in [1.807, 2.05) is 19.1 Å². The maximum absolute atomic E-state index is 13.2. The van der Waals surface area contributed by atoms with Gasteiger partial charge in [0.05, 0.1) is 4.90 Å². The van der Waals surface area contributed by atoms with E-state index in [0.717, 1.165) is 55.4 Å². The molecule has 1 aromatic rings. The second-order valence-corrected chi connectivity index (χ2v) is 12.5. The fourth-order valence-corrected chi connectivity index (χ4v) is 9.05. The van der Waals surface area contributed by atoms with Gasteiger partial charge in [0.1, 0.15) is 0 Å². The molecule has 164 valence electrons. The lowest BCUT2D eigenvalue weighted by atomic mass is 9.53. The van der Waals surface area contributed by atoms with E-state index in [1.54, 1.807) is 16.4 Å². The van der Waals surface area contributed by atoms with Crippen molar-refractivity contribution < 1.29 is 13.2 Å². The zero-order valence-corrected chi connectivity index (χ0v) is 18.8. The average molecular weight is 431 g/mol. The van der Waals surface area contributed by atoms with E-state index in [1.165, 1.54) is 19.3 Å². The third-order valence-corrected chi connectivity index (χ3v) is 10.1. The molecule has 1 heterocycles. The second kappa shape index (κ2) is 7.63. The van der Waals surface area contributed by atoms with Gasteiger partial charge < -0.3 is 5.32 Å². The molecule has 5 fully saturated rings. The number of hydrogen-bond donors (Lipinski definition) is 1. The highest BCUT2D eigenvalue weighted by Crippen LogP contribution is 2.55. The van der Waals surface area contributed by atoms with Gasteiger partial charge in [0, 0.05) is 25.0 Å². The van der Waals surface area contributed by atoms with E-state index in [0.29, 0.717) is 24.4 Å². The summed E-state index contributed by atoms with van der Waals surface area (Å²) in [7, 11) is -3.50. The van der Waals surface area contributed by atoms with Gasteiger partial charge >= 0.3 is 0 Å².